The van der Waals surface area contributed by atoms with E-state index in [1.807, 2.05) is 109 Å². The molecule has 0 amide bonds. The zero-order valence-corrected chi connectivity index (χ0v) is 37.5. The molecule has 0 radical (unpaired) electrons. The summed E-state index contributed by atoms with van der Waals surface area (Å²) < 4.78 is 0. The second-order valence-electron chi connectivity index (χ2n) is 15.7. The Labute approximate surface area is 384 Å². The lowest BCUT2D eigenvalue weighted by molar-refractivity contribution is 0.312. The van der Waals surface area contributed by atoms with Gasteiger partial charge in [-0.15, -0.1) is 0 Å². The topological polar surface area (TPSA) is 180 Å². The van der Waals surface area contributed by atoms with Crippen LogP contribution in [0, 0.1) is 0 Å². The van der Waals surface area contributed by atoms with Crippen LogP contribution in [0.5, 0.6) is 0 Å². The first-order valence-electron chi connectivity index (χ1n) is 21.9. The van der Waals surface area contributed by atoms with Crippen molar-refractivity contribution in [2.75, 3.05) is 94.7 Å². The van der Waals surface area contributed by atoms with Crippen molar-refractivity contribution in [3.05, 3.63) is 138 Å². The van der Waals surface area contributed by atoms with Crippen molar-refractivity contribution < 1.29 is 0 Å². The van der Waals surface area contributed by atoms with E-state index in [4.69, 9.17) is 37.3 Å². The molecule has 0 saturated carbocycles. The molecule has 8 aromatic rings. The Morgan fingerprint density at radius 3 is 1.51 bits per heavy atom. The Morgan fingerprint density at radius 2 is 1.00 bits per heavy atom. The molecule has 17 heteroatoms. The SMILES string of the molecule is CN1CCN(c2cnc3c(Cl)nc(-c4ccccc4)nc3n2)CC1.CN1CCN(c2cnc3c(NCCc4ccccn4)nc(-c4ccccc4)nc3n2)CC1.NCCc1ccccn1. The van der Waals surface area contributed by atoms with E-state index >= 15 is 0 Å². The second-order valence-corrected chi connectivity index (χ2v) is 16.1. The van der Waals surface area contributed by atoms with Gasteiger partial charge in [0.1, 0.15) is 17.2 Å². The molecule has 3 N–H and O–H groups in total. The Morgan fingerprint density at radius 1 is 0.523 bits per heavy atom. The lowest BCUT2D eigenvalue weighted by atomic mass is 10.2. The zero-order chi connectivity index (χ0) is 44.8. The number of halogens is 1. The summed E-state index contributed by atoms with van der Waals surface area (Å²) in [5.74, 6) is 3.61. The largest absolute Gasteiger partial charge is 0.368 e. The lowest BCUT2D eigenvalue weighted by Gasteiger charge is -2.32. The fourth-order valence-corrected chi connectivity index (χ4v) is 7.46. The summed E-state index contributed by atoms with van der Waals surface area (Å²) in [5, 5.41) is 3.77. The average Bonchev–Trinajstić information content (AvgIpc) is 3.36. The number of likely N-dealkylation sites (N-methyl/N-ethyl adjacent to an activating group) is 2. The van der Waals surface area contributed by atoms with Crippen LogP contribution in [0.3, 0.4) is 0 Å². The molecule has 0 bridgehead atoms. The molecule has 0 atom stereocenters. The number of anilines is 3. The average molecular weight is 890 g/mol. The van der Waals surface area contributed by atoms with Crippen LogP contribution in [0.2, 0.25) is 5.15 Å². The number of rotatable bonds is 10. The van der Waals surface area contributed by atoms with Gasteiger partial charge in [0.25, 0.3) is 0 Å². The Balaban J connectivity index is 0.000000153. The molecule has 6 aromatic heterocycles. The summed E-state index contributed by atoms with van der Waals surface area (Å²) in [6.45, 7) is 9.15. The fraction of sp³-hybridized carbons (Fsp3) is 0.292. The highest BCUT2D eigenvalue weighted by molar-refractivity contribution is 6.33. The van der Waals surface area contributed by atoms with Gasteiger partial charge in [-0.1, -0.05) is 84.4 Å². The van der Waals surface area contributed by atoms with Gasteiger partial charge in [-0.3, -0.25) is 9.97 Å². The first kappa shape index (κ1) is 44.7. The fourth-order valence-electron chi connectivity index (χ4n) is 7.25. The van der Waals surface area contributed by atoms with Crippen LogP contribution >= 0.6 is 11.6 Å². The van der Waals surface area contributed by atoms with Crippen LogP contribution in [0.25, 0.3) is 45.1 Å². The molecular formula is C48H53ClN16. The molecule has 2 saturated heterocycles. The van der Waals surface area contributed by atoms with E-state index in [9.17, 15) is 0 Å². The highest BCUT2D eigenvalue weighted by Gasteiger charge is 2.20. The van der Waals surface area contributed by atoms with Crippen LogP contribution in [-0.4, -0.2) is 139 Å². The number of hydrogen-bond donors (Lipinski definition) is 2. The summed E-state index contributed by atoms with van der Waals surface area (Å²) in [5.41, 5.74) is 11.6. The molecule has 10 rings (SSSR count). The third-order valence-corrected chi connectivity index (χ3v) is 11.3. The molecule has 8 heterocycles. The lowest BCUT2D eigenvalue weighted by Crippen LogP contribution is -2.44. The van der Waals surface area contributed by atoms with Gasteiger partial charge in [-0.25, -0.2) is 39.9 Å². The van der Waals surface area contributed by atoms with Gasteiger partial charge in [0.2, 0.25) is 0 Å². The van der Waals surface area contributed by atoms with Crippen molar-refractivity contribution in [2.24, 2.45) is 5.73 Å². The molecule has 2 aliphatic heterocycles. The molecule has 2 aromatic carbocycles. The minimum absolute atomic E-state index is 0.330. The minimum atomic E-state index is 0.330. The summed E-state index contributed by atoms with van der Waals surface area (Å²) in [6.07, 6.45) is 8.86. The Hall–Kier alpha value is -6.85. The van der Waals surface area contributed by atoms with Crippen molar-refractivity contribution in [1.82, 2.24) is 59.6 Å². The summed E-state index contributed by atoms with van der Waals surface area (Å²) >= 11 is 6.30. The van der Waals surface area contributed by atoms with E-state index in [2.05, 4.69) is 68.9 Å². The predicted molar refractivity (Wildman–Crippen MR) is 259 cm³/mol. The number of aromatic nitrogens is 10. The van der Waals surface area contributed by atoms with Crippen molar-refractivity contribution in [3.8, 4) is 22.8 Å². The molecule has 0 spiro atoms. The quantitative estimate of drug-likeness (QED) is 0.153. The van der Waals surface area contributed by atoms with Gasteiger partial charge >= 0.3 is 0 Å². The van der Waals surface area contributed by atoms with Crippen LogP contribution in [0.4, 0.5) is 17.5 Å². The summed E-state index contributed by atoms with van der Waals surface area (Å²) in [6, 6.07) is 31.5. The molecule has 0 aliphatic carbocycles. The summed E-state index contributed by atoms with van der Waals surface area (Å²) in [4.78, 5) is 54.8. The first-order chi connectivity index (χ1) is 31.9. The molecule has 0 unspecified atom stereocenters. The number of piperazine rings is 2. The maximum Gasteiger partial charge on any atom is 0.186 e. The molecule has 2 fully saturated rings. The van der Waals surface area contributed by atoms with E-state index in [1.165, 1.54) is 0 Å². The van der Waals surface area contributed by atoms with Gasteiger partial charge < -0.3 is 30.7 Å². The van der Waals surface area contributed by atoms with Crippen molar-refractivity contribution in [2.45, 2.75) is 12.8 Å². The standard InChI is InChI=1S/C24H26N8.C17H17ClN6.C7H10N2/c1-31-13-15-32(16-14-31)20-17-27-21-23(26-12-10-19-9-5-6-11-25-19)29-22(30-24(21)28-20)18-7-3-2-4-8-18;1-23-7-9-24(10-8-23)13-11-19-14-15(18)21-16(22-17(14)20-13)12-5-3-2-4-6-12;8-5-4-7-3-1-2-6-9-7/h2-9,11,17H,10,12-16H2,1H3,(H,26,28,29,30);2-6,11H,7-10H2,1H3;1-3,6H,4-5,8H2. The minimum Gasteiger partial charge on any atom is -0.368 e. The number of pyridine rings is 2. The van der Waals surface area contributed by atoms with Gasteiger partial charge in [-0.2, -0.15) is 0 Å². The van der Waals surface area contributed by atoms with Crippen LogP contribution in [0.15, 0.2) is 122 Å². The third-order valence-electron chi connectivity index (χ3n) is 11.0. The molecular weight excluding hydrogens is 836 g/mol. The van der Waals surface area contributed by atoms with E-state index in [0.29, 0.717) is 58.0 Å². The molecule has 65 heavy (non-hydrogen) atoms. The summed E-state index contributed by atoms with van der Waals surface area (Å²) in [7, 11) is 4.27. The zero-order valence-electron chi connectivity index (χ0n) is 36.7. The van der Waals surface area contributed by atoms with Gasteiger partial charge in [-0.05, 0) is 44.9 Å². The van der Waals surface area contributed by atoms with Crippen molar-refractivity contribution in [1.29, 1.82) is 0 Å². The number of benzene rings is 2. The maximum atomic E-state index is 6.30. The van der Waals surface area contributed by atoms with Gasteiger partial charge in [0, 0.05) is 107 Å². The molecule has 332 valence electrons. The Bertz CT molecular complexity index is 2720. The molecule has 16 nitrogen and oxygen atoms in total. The number of fused-ring (bicyclic) bond motifs is 2. The van der Waals surface area contributed by atoms with E-state index in [0.717, 1.165) is 99.4 Å². The van der Waals surface area contributed by atoms with Crippen LogP contribution < -0.4 is 20.9 Å². The van der Waals surface area contributed by atoms with E-state index in [1.54, 1.807) is 12.4 Å². The second kappa shape index (κ2) is 22.2. The predicted octanol–water partition coefficient (Wildman–Crippen LogP) is 5.96. The van der Waals surface area contributed by atoms with E-state index < -0.39 is 0 Å². The highest BCUT2D eigenvalue weighted by atomic mass is 35.5. The first-order valence-corrected chi connectivity index (χ1v) is 22.2. The van der Waals surface area contributed by atoms with Crippen molar-refractivity contribution in [3.63, 3.8) is 0 Å². The van der Waals surface area contributed by atoms with Crippen molar-refractivity contribution >= 4 is 51.4 Å². The monoisotopic (exact) mass is 888 g/mol. The maximum absolute atomic E-state index is 6.30. The number of nitrogens with one attached hydrogen (secondary N) is 1. The van der Waals surface area contributed by atoms with Crippen LogP contribution in [0.1, 0.15) is 11.4 Å². The molecule has 2 aliphatic rings. The normalized spacial score (nSPS) is 14.3. The van der Waals surface area contributed by atoms with Gasteiger partial charge in [0.05, 0.1) is 12.4 Å². The number of nitrogens with zero attached hydrogens (tertiary/aromatic N) is 14. The van der Waals surface area contributed by atoms with Gasteiger partial charge in [0.15, 0.2) is 39.4 Å². The van der Waals surface area contributed by atoms with Crippen LogP contribution in [-0.2, 0) is 12.8 Å². The number of nitrogens with two attached hydrogens (primary N) is 1. The third kappa shape index (κ3) is 12.0. The smallest absolute Gasteiger partial charge is 0.186 e. The highest BCUT2D eigenvalue weighted by Crippen LogP contribution is 2.26. The van der Waals surface area contributed by atoms with E-state index in [-0.39, 0.29) is 0 Å². The Kier molecular flexibility index (Phi) is 15.3. The number of hydrogen-bond acceptors (Lipinski definition) is 16.